The highest BCUT2D eigenvalue weighted by molar-refractivity contribution is 5.69. The number of ether oxygens (including phenoxy) is 2. The predicted octanol–water partition coefficient (Wildman–Crippen LogP) is 3.41. The Labute approximate surface area is 149 Å². The first-order valence-corrected chi connectivity index (χ1v) is 9.34. The molecule has 1 aliphatic carbocycles. The maximum Gasteiger partial charge on any atom is 0.410 e. The molecule has 1 aromatic carbocycles. The van der Waals surface area contributed by atoms with Gasteiger partial charge in [0.2, 0.25) is 0 Å². The number of carbonyl (C=O) groups excluding carboxylic acids is 1. The van der Waals surface area contributed by atoms with Crippen LogP contribution < -0.4 is 4.74 Å². The number of carbonyl (C=O) groups is 1. The number of benzene rings is 1. The molecule has 2 atom stereocenters. The third kappa shape index (κ3) is 4.27. The second-order valence-electron chi connectivity index (χ2n) is 8.63. The first kappa shape index (κ1) is 16.7. The van der Waals surface area contributed by atoms with E-state index in [4.69, 9.17) is 9.47 Å². The van der Waals surface area contributed by atoms with Crippen LogP contribution in [0.5, 0.6) is 5.75 Å². The van der Waals surface area contributed by atoms with Crippen molar-refractivity contribution < 1.29 is 14.3 Å². The summed E-state index contributed by atoms with van der Waals surface area (Å²) < 4.78 is 11.5. The monoisotopic (exact) mass is 344 g/mol. The van der Waals surface area contributed by atoms with Crippen molar-refractivity contribution in [3.63, 3.8) is 0 Å². The molecular weight excluding hydrogens is 316 g/mol. The molecule has 136 valence electrons. The average molecular weight is 344 g/mol. The fraction of sp³-hybridized carbons (Fsp3) is 0.650. The Hall–Kier alpha value is -1.75. The van der Waals surface area contributed by atoms with Crippen LogP contribution in [-0.2, 0) is 17.8 Å². The molecule has 2 heterocycles. The molecule has 1 aromatic rings. The van der Waals surface area contributed by atoms with E-state index in [1.165, 1.54) is 31.5 Å². The lowest BCUT2D eigenvalue weighted by molar-refractivity contribution is 0.0242. The molecule has 5 nitrogen and oxygen atoms in total. The molecule has 4 rings (SSSR count). The lowest BCUT2D eigenvalue weighted by atomic mass is 10.1. The van der Waals surface area contributed by atoms with Crippen LogP contribution in [0.2, 0.25) is 0 Å². The summed E-state index contributed by atoms with van der Waals surface area (Å²) in [5.74, 6) is 1.85. The number of hydrogen-bond donors (Lipinski definition) is 0. The van der Waals surface area contributed by atoms with Crippen molar-refractivity contribution in [2.45, 2.75) is 58.3 Å². The smallest absolute Gasteiger partial charge is 0.410 e. The van der Waals surface area contributed by atoms with Crippen molar-refractivity contribution in [2.24, 2.45) is 5.92 Å². The summed E-state index contributed by atoms with van der Waals surface area (Å²) in [6.07, 6.45) is 2.56. The van der Waals surface area contributed by atoms with Gasteiger partial charge in [-0.2, -0.15) is 0 Å². The topological polar surface area (TPSA) is 41.8 Å². The van der Waals surface area contributed by atoms with Crippen LogP contribution in [0.3, 0.4) is 0 Å². The van der Waals surface area contributed by atoms with E-state index in [1.807, 2.05) is 26.8 Å². The van der Waals surface area contributed by atoms with Crippen molar-refractivity contribution in [1.82, 2.24) is 9.80 Å². The predicted molar refractivity (Wildman–Crippen MR) is 95.5 cm³/mol. The first-order valence-electron chi connectivity index (χ1n) is 9.34. The van der Waals surface area contributed by atoms with Crippen molar-refractivity contribution in [2.75, 3.05) is 19.7 Å². The summed E-state index contributed by atoms with van der Waals surface area (Å²) >= 11 is 0. The van der Waals surface area contributed by atoms with Crippen molar-refractivity contribution in [3.8, 4) is 5.75 Å². The molecule has 0 aromatic heterocycles. The third-order valence-corrected chi connectivity index (χ3v) is 5.01. The van der Waals surface area contributed by atoms with Gasteiger partial charge in [-0.25, -0.2) is 4.79 Å². The Balaban J connectivity index is 1.28. The fourth-order valence-corrected chi connectivity index (χ4v) is 3.35. The lowest BCUT2D eigenvalue weighted by Crippen LogP contribution is -2.33. The van der Waals surface area contributed by atoms with Gasteiger partial charge >= 0.3 is 6.09 Å². The maximum atomic E-state index is 12.2. The van der Waals surface area contributed by atoms with Gasteiger partial charge in [0.1, 0.15) is 18.0 Å². The highest BCUT2D eigenvalue weighted by Crippen LogP contribution is 2.34. The second-order valence-corrected chi connectivity index (χ2v) is 8.63. The van der Waals surface area contributed by atoms with E-state index in [2.05, 4.69) is 17.0 Å². The Morgan fingerprint density at radius 2 is 1.96 bits per heavy atom. The molecule has 0 spiro atoms. The van der Waals surface area contributed by atoms with Crippen LogP contribution in [0, 0.1) is 5.92 Å². The lowest BCUT2D eigenvalue weighted by Gasteiger charge is -2.24. The summed E-state index contributed by atoms with van der Waals surface area (Å²) in [7, 11) is 0. The Bertz CT molecular complexity index is 663. The van der Waals surface area contributed by atoms with E-state index in [1.54, 1.807) is 4.90 Å². The van der Waals surface area contributed by atoms with Crippen LogP contribution in [0.25, 0.3) is 0 Å². The highest BCUT2D eigenvalue weighted by Gasteiger charge is 2.38. The van der Waals surface area contributed by atoms with E-state index < -0.39 is 5.60 Å². The summed E-state index contributed by atoms with van der Waals surface area (Å²) in [6.45, 7) is 10.1. The van der Waals surface area contributed by atoms with Gasteiger partial charge in [-0.15, -0.1) is 0 Å². The number of fused-ring (bicyclic) bond motifs is 1. The highest BCUT2D eigenvalue weighted by atomic mass is 16.6. The molecule has 0 bridgehead atoms. The molecule has 25 heavy (non-hydrogen) atoms. The van der Waals surface area contributed by atoms with Crippen molar-refractivity contribution in [1.29, 1.82) is 0 Å². The van der Waals surface area contributed by atoms with Crippen LogP contribution in [-0.4, -0.2) is 47.2 Å². The van der Waals surface area contributed by atoms with Crippen LogP contribution >= 0.6 is 0 Å². The zero-order valence-corrected chi connectivity index (χ0v) is 15.5. The van der Waals surface area contributed by atoms with E-state index in [0.717, 1.165) is 23.8 Å². The van der Waals surface area contributed by atoms with Gasteiger partial charge in [-0.1, -0.05) is 6.07 Å². The quantitative estimate of drug-likeness (QED) is 0.768. The molecular formula is C20H28N2O3. The minimum absolute atomic E-state index is 0.250. The molecule has 5 heteroatoms. The molecule has 1 amide bonds. The number of rotatable bonds is 5. The number of amides is 1. The van der Waals surface area contributed by atoms with Gasteiger partial charge in [-0.05, 0) is 62.8 Å². The van der Waals surface area contributed by atoms with E-state index in [0.29, 0.717) is 19.1 Å². The minimum Gasteiger partial charge on any atom is -0.492 e. The zero-order valence-electron chi connectivity index (χ0n) is 15.5. The SMILES string of the molecule is CC(C)(C)OC(=O)N1Cc2ccc(OCC3CN3CC3CC3)cc2C1. The third-order valence-electron chi connectivity index (χ3n) is 5.01. The van der Waals surface area contributed by atoms with Gasteiger partial charge in [0.25, 0.3) is 0 Å². The number of nitrogens with zero attached hydrogens (tertiary/aromatic N) is 2. The molecule has 1 saturated carbocycles. The van der Waals surface area contributed by atoms with Crippen LogP contribution in [0.1, 0.15) is 44.7 Å². The summed E-state index contributed by atoms with van der Waals surface area (Å²) in [5, 5.41) is 0. The Morgan fingerprint density at radius 1 is 1.20 bits per heavy atom. The summed E-state index contributed by atoms with van der Waals surface area (Å²) in [4.78, 5) is 16.5. The average Bonchev–Trinajstić information content (AvgIpc) is 3.44. The molecule has 3 aliphatic rings. The first-order chi connectivity index (χ1) is 11.9. The maximum absolute atomic E-state index is 12.2. The Kier molecular flexibility index (Phi) is 4.14. The molecule has 0 radical (unpaired) electrons. The van der Waals surface area contributed by atoms with Crippen molar-refractivity contribution in [3.05, 3.63) is 29.3 Å². The second kappa shape index (κ2) is 6.20. The van der Waals surface area contributed by atoms with Gasteiger partial charge in [0.05, 0.1) is 6.04 Å². The zero-order chi connectivity index (χ0) is 17.6. The largest absolute Gasteiger partial charge is 0.492 e. The summed E-state index contributed by atoms with van der Waals surface area (Å²) in [5.41, 5.74) is 1.88. The Morgan fingerprint density at radius 3 is 2.68 bits per heavy atom. The van der Waals surface area contributed by atoms with E-state index in [-0.39, 0.29) is 6.09 Å². The normalized spacial score (nSPS) is 24.8. The van der Waals surface area contributed by atoms with Crippen LogP contribution in [0.4, 0.5) is 4.79 Å². The molecule has 1 saturated heterocycles. The minimum atomic E-state index is -0.462. The fourth-order valence-electron chi connectivity index (χ4n) is 3.35. The van der Waals surface area contributed by atoms with E-state index >= 15 is 0 Å². The summed E-state index contributed by atoms with van der Waals surface area (Å²) in [6, 6.07) is 6.76. The molecule has 0 N–H and O–H groups in total. The number of hydrogen-bond acceptors (Lipinski definition) is 4. The van der Waals surface area contributed by atoms with Gasteiger partial charge in [0.15, 0.2) is 0 Å². The standard InChI is InChI=1S/C20H28N2O3/c1-20(2,3)25-19(23)22-10-15-6-7-18(8-16(15)11-22)24-13-17-12-21(17)9-14-4-5-14/h6-8,14,17H,4-5,9-13H2,1-3H3. The van der Waals surface area contributed by atoms with Crippen LogP contribution in [0.15, 0.2) is 18.2 Å². The molecule has 2 unspecified atom stereocenters. The van der Waals surface area contributed by atoms with E-state index in [9.17, 15) is 4.79 Å². The molecule has 2 fully saturated rings. The van der Waals surface area contributed by atoms with Gasteiger partial charge in [0, 0.05) is 26.2 Å². The van der Waals surface area contributed by atoms with Gasteiger partial charge < -0.3 is 9.47 Å². The van der Waals surface area contributed by atoms with Crippen molar-refractivity contribution >= 4 is 6.09 Å². The molecule has 2 aliphatic heterocycles. The van der Waals surface area contributed by atoms with Gasteiger partial charge in [-0.3, -0.25) is 9.80 Å².